The number of benzene rings is 3. The Kier molecular flexibility index (Phi) is 4.36. The van der Waals surface area contributed by atoms with Crippen LogP contribution in [0.3, 0.4) is 0 Å². The Bertz CT molecular complexity index is 1140. The third-order valence-corrected chi connectivity index (χ3v) is 4.96. The van der Waals surface area contributed by atoms with Crippen LogP contribution in [0.15, 0.2) is 36.4 Å². The normalized spacial score (nSPS) is 18.3. The number of nitriles is 1. The third-order valence-electron chi connectivity index (χ3n) is 4.96. The summed E-state index contributed by atoms with van der Waals surface area (Å²) in [5.74, 6) is -2.45. The summed E-state index contributed by atoms with van der Waals surface area (Å²) >= 11 is 0. The van der Waals surface area contributed by atoms with E-state index >= 15 is 0 Å². The maximum absolute atomic E-state index is 14.2. The van der Waals surface area contributed by atoms with Crippen LogP contribution in [0.4, 0.5) is 13.2 Å². The second-order valence-electron chi connectivity index (χ2n) is 6.62. The first-order chi connectivity index (χ1) is 13.4. The maximum Gasteiger partial charge on any atom is 0.161 e. The molecule has 0 radical (unpaired) electrons. The van der Waals surface area contributed by atoms with E-state index in [-0.39, 0.29) is 5.56 Å². The number of fused-ring (bicyclic) bond motifs is 3. The van der Waals surface area contributed by atoms with Crippen LogP contribution in [0, 0.1) is 28.8 Å². The van der Waals surface area contributed by atoms with Crippen molar-refractivity contribution >= 4 is 10.8 Å². The Labute approximate surface area is 158 Å². The summed E-state index contributed by atoms with van der Waals surface area (Å²) in [6, 6.07) is 9.59. The predicted molar refractivity (Wildman–Crippen MR) is 96.6 cm³/mol. The van der Waals surface area contributed by atoms with E-state index in [0.29, 0.717) is 29.5 Å². The summed E-state index contributed by atoms with van der Waals surface area (Å²) in [6.45, 7) is 0. The molecule has 7 heteroatoms. The van der Waals surface area contributed by atoms with Crippen LogP contribution >= 0.6 is 0 Å². The lowest BCUT2D eigenvalue weighted by Gasteiger charge is -2.32. The van der Waals surface area contributed by atoms with Gasteiger partial charge in [0.1, 0.15) is 29.5 Å². The van der Waals surface area contributed by atoms with Crippen molar-refractivity contribution in [2.75, 3.05) is 7.11 Å². The first-order valence-electron chi connectivity index (χ1n) is 8.53. The van der Waals surface area contributed by atoms with E-state index in [2.05, 4.69) is 6.07 Å². The van der Waals surface area contributed by atoms with Gasteiger partial charge in [0.25, 0.3) is 0 Å². The molecule has 28 heavy (non-hydrogen) atoms. The van der Waals surface area contributed by atoms with Crippen LogP contribution in [0.25, 0.3) is 10.8 Å². The highest BCUT2D eigenvalue weighted by atomic mass is 19.2. The van der Waals surface area contributed by atoms with E-state index in [1.54, 1.807) is 24.3 Å². The fraction of sp³-hybridized carbons (Fsp3) is 0.190. The average molecular weight is 384 g/mol. The van der Waals surface area contributed by atoms with Crippen LogP contribution in [0.1, 0.15) is 22.8 Å². The second-order valence-corrected chi connectivity index (χ2v) is 6.62. The highest BCUT2D eigenvalue weighted by Gasteiger charge is 2.32. The summed E-state index contributed by atoms with van der Waals surface area (Å²) in [6.07, 6.45) is -0.634. The molecule has 0 aliphatic carbocycles. The van der Waals surface area contributed by atoms with Gasteiger partial charge >= 0.3 is 0 Å². The van der Waals surface area contributed by atoms with E-state index in [1.807, 2.05) is 0 Å². The molecule has 3 aromatic carbocycles. The van der Waals surface area contributed by atoms with Crippen molar-refractivity contribution in [2.45, 2.75) is 18.6 Å². The van der Waals surface area contributed by atoms with Gasteiger partial charge in [-0.25, -0.2) is 13.2 Å². The number of hydrogen-bond donors (Lipinski definition) is 1. The number of halogens is 3. The first-order valence-corrected chi connectivity index (χ1v) is 8.53. The molecule has 0 spiro atoms. The van der Waals surface area contributed by atoms with Crippen molar-refractivity contribution < 1.29 is 22.6 Å². The van der Waals surface area contributed by atoms with Gasteiger partial charge in [0, 0.05) is 17.2 Å². The Balaban J connectivity index is 1.82. The van der Waals surface area contributed by atoms with Crippen molar-refractivity contribution in [3.63, 3.8) is 0 Å². The molecular formula is C21H15F3N2O2. The van der Waals surface area contributed by atoms with Gasteiger partial charge in [-0.3, -0.25) is 0 Å². The summed E-state index contributed by atoms with van der Waals surface area (Å²) < 4.78 is 52.2. The highest BCUT2D eigenvalue weighted by molar-refractivity contribution is 5.91. The average Bonchev–Trinajstić information content (AvgIpc) is 2.69. The predicted octanol–water partition coefficient (Wildman–Crippen LogP) is 4.14. The first kappa shape index (κ1) is 18.1. The molecule has 1 aliphatic rings. The third kappa shape index (κ3) is 2.83. The largest absolute Gasteiger partial charge is 0.495 e. The van der Waals surface area contributed by atoms with E-state index < -0.39 is 29.6 Å². The number of rotatable bonds is 2. The molecule has 1 heterocycles. The Hall–Kier alpha value is -3.24. The van der Waals surface area contributed by atoms with Gasteiger partial charge in [-0.05, 0) is 41.5 Å². The molecule has 4 nitrogen and oxygen atoms in total. The van der Waals surface area contributed by atoms with Gasteiger partial charge in [0.05, 0.1) is 18.7 Å². The molecule has 2 atom stereocenters. The minimum absolute atomic E-state index is 0.130. The number of hydrogen-bond acceptors (Lipinski definition) is 4. The molecule has 0 saturated heterocycles. The minimum atomic E-state index is -1.27. The molecule has 0 aromatic heterocycles. The second kappa shape index (κ2) is 6.73. The van der Waals surface area contributed by atoms with E-state index in [1.165, 1.54) is 7.11 Å². The smallest absolute Gasteiger partial charge is 0.161 e. The summed E-state index contributed by atoms with van der Waals surface area (Å²) in [7, 11) is 1.47. The molecular weight excluding hydrogens is 369 g/mol. The van der Waals surface area contributed by atoms with Crippen molar-refractivity contribution in [1.29, 1.82) is 5.26 Å². The number of nitrogens with zero attached hydrogens (tertiary/aromatic N) is 1. The Morgan fingerprint density at radius 2 is 1.86 bits per heavy atom. The van der Waals surface area contributed by atoms with Crippen molar-refractivity contribution in [1.82, 2.24) is 0 Å². The SMILES string of the molecule is COc1cc2c3c(ccc2cc1C#N)O[C@H](c1cc(F)c(F)cc1F)[C@@H](N)C3. The van der Waals surface area contributed by atoms with Gasteiger partial charge in [-0.15, -0.1) is 0 Å². The molecule has 142 valence electrons. The lowest BCUT2D eigenvalue weighted by molar-refractivity contribution is 0.149. The monoisotopic (exact) mass is 384 g/mol. The van der Waals surface area contributed by atoms with Crippen LogP contribution in [-0.4, -0.2) is 13.2 Å². The molecule has 0 amide bonds. The summed E-state index contributed by atoms with van der Waals surface area (Å²) in [4.78, 5) is 0. The molecule has 1 aliphatic heterocycles. The molecule has 0 fully saturated rings. The Morgan fingerprint density at radius 1 is 1.11 bits per heavy atom. The van der Waals surface area contributed by atoms with Crippen LogP contribution in [0.5, 0.6) is 11.5 Å². The van der Waals surface area contributed by atoms with Crippen molar-refractivity contribution in [3.8, 4) is 17.6 Å². The standard InChI is InChI=1S/C21H15F3N2O2/c1-27-20-7-12-10(4-11(20)9-25)2-3-19-13(12)6-18(26)21(28-19)14-5-16(23)17(24)8-15(14)22/h2-5,7-8,18,21H,6,26H2,1H3/t18-,21+/m0/s1. The van der Waals surface area contributed by atoms with Crippen LogP contribution < -0.4 is 15.2 Å². The van der Waals surface area contributed by atoms with E-state index in [4.69, 9.17) is 15.2 Å². The van der Waals surface area contributed by atoms with Gasteiger partial charge in [-0.1, -0.05) is 6.07 Å². The quantitative estimate of drug-likeness (QED) is 0.675. The van der Waals surface area contributed by atoms with Crippen LogP contribution in [-0.2, 0) is 6.42 Å². The highest BCUT2D eigenvalue weighted by Crippen LogP contribution is 2.40. The molecule has 0 bridgehead atoms. The molecule has 4 rings (SSSR count). The molecule has 2 N–H and O–H groups in total. The Morgan fingerprint density at radius 3 is 2.57 bits per heavy atom. The molecule has 3 aromatic rings. The van der Waals surface area contributed by atoms with E-state index in [9.17, 15) is 18.4 Å². The lowest BCUT2D eigenvalue weighted by atomic mass is 9.89. The summed E-state index contributed by atoms with van der Waals surface area (Å²) in [5.41, 5.74) is 7.26. The minimum Gasteiger partial charge on any atom is -0.495 e. The van der Waals surface area contributed by atoms with Gasteiger partial charge in [0.15, 0.2) is 11.6 Å². The van der Waals surface area contributed by atoms with Gasteiger partial charge < -0.3 is 15.2 Å². The fourth-order valence-electron chi connectivity index (χ4n) is 3.59. The molecule has 0 unspecified atom stereocenters. The van der Waals surface area contributed by atoms with Gasteiger partial charge in [-0.2, -0.15) is 5.26 Å². The fourth-order valence-corrected chi connectivity index (χ4v) is 3.59. The van der Waals surface area contributed by atoms with Gasteiger partial charge in [0.2, 0.25) is 0 Å². The topological polar surface area (TPSA) is 68.3 Å². The molecule has 0 saturated carbocycles. The number of nitrogens with two attached hydrogens (primary N) is 1. The van der Waals surface area contributed by atoms with Crippen molar-refractivity contribution in [3.05, 3.63) is 70.5 Å². The zero-order valence-corrected chi connectivity index (χ0v) is 14.8. The lowest BCUT2D eigenvalue weighted by Crippen LogP contribution is -2.38. The van der Waals surface area contributed by atoms with E-state index in [0.717, 1.165) is 22.4 Å². The zero-order valence-electron chi connectivity index (χ0n) is 14.8. The zero-order chi connectivity index (χ0) is 20.0. The van der Waals surface area contributed by atoms with Crippen LogP contribution in [0.2, 0.25) is 0 Å². The number of ether oxygens (including phenoxy) is 2. The number of methoxy groups -OCH3 is 1. The maximum atomic E-state index is 14.2. The summed E-state index contributed by atoms with van der Waals surface area (Å²) in [5, 5.41) is 10.9. The van der Waals surface area contributed by atoms with Crippen molar-refractivity contribution in [2.24, 2.45) is 5.73 Å².